The van der Waals surface area contributed by atoms with Crippen molar-refractivity contribution in [2.45, 2.75) is 20.0 Å². The molecule has 1 N–H and O–H groups in total. The second kappa shape index (κ2) is 8.18. The van der Waals surface area contributed by atoms with Crippen molar-refractivity contribution >= 4 is 44.5 Å². The molecule has 2 aromatic carbocycles. The van der Waals surface area contributed by atoms with Crippen LogP contribution >= 0.6 is 15.9 Å². The molecule has 0 aliphatic carbocycles. The highest BCUT2D eigenvalue weighted by Crippen LogP contribution is 2.22. The highest BCUT2D eigenvalue weighted by Gasteiger charge is 2.11. The second-order valence-corrected chi connectivity index (χ2v) is 6.86. The van der Waals surface area contributed by atoms with Gasteiger partial charge in [-0.15, -0.1) is 0 Å². The van der Waals surface area contributed by atoms with Gasteiger partial charge in [0, 0.05) is 40.2 Å². The Hall–Kier alpha value is -2.93. The summed E-state index contributed by atoms with van der Waals surface area (Å²) in [6, 6.07) is 13.6. The molecule has 27 heavy (non-hydrogen) atoms. The van der Waals surface area contributed by atoms with Crippen molar-refractivity contribution in [1.29, 1.82) is 0 Å². The number of halogens is 1. The van der Waals surface area contributed by atoms with E-state index in [1.165, 1.54) is 13.0 Å². The number of hydrogen-bond donors (Lipinski definition) is 1. The van der Waals surface area contributed by atoms with Gasteiger partial charge in [0.25, 0.3) is 0 Å². The van der Waals surface area contributed by atoms with Crippen LogP contribution < -0.4 is 10.9 Å². The summed E-state index contributed by atoms with van der Waals surface area (Å²) in [5.41, 5.74) is 1.65. The summed E-state index contributed by atoms with van der Waals surface area (Å²) in [5, 5.41) is 3.27. The first-order chi connectivity index (χ1) is 12.9. The lowest BCUT2D eigenvalue weighted by molar-refractivity contribution is -0.144. The number of hydrogen-bond acceptors (Lipinski definition) is 5. The first kappa shape index (κ1) is 18.8. The van der Waals surface area contributed by atoms with Crippen molar-refractivity contribution in [1.82, 2.24) is 0 Å². The van der Waals surface area contributed by atoms with E-state index in [1.807, 2.05) is 24.3 Å². The topological polar surface area (TPSA) is 85.6 Å². The quantitative estimate of drug-likeness (QED) is 0.492. The number of benzene rings is 2. The smallest absolute Gasteiger partial charge is 0.336 e. The molecule has 0 atom stereocenters. The summed E-state index contributed by atoms with van der Waals surface area (Å²) in [5.74, 6) is -0.622. The SMILES string of the molecule is CC(=O)Nc1ccc2c(COC(=O)Cc3ccc(Br)cc3)cc(=O)oc2c1. The standard InChI is InChI=1S/C20H16BrNO5/c1-12(23)22-16-6-7-17-14(9-20(25)27-18(17)10-16)11-26-19(24)8-13-2-4-15(21)5-3-13/h2-7,9-10H,8,11H2,1H3,(H,22,23). The molecule has 0 saturated heterocycles. The molecule has 0 fully saturated rings. The molecule has 7 heteroatoms. The third-order valence-corrected chi connectivity index (χ3v) is 4.33. The molecule has 6 nitrogen and oxygen atoms in total. The van der Waals surface area contributed by atoms with Crippen LogP contribution in [0.5, 0.6) is 0 Å². The van der Waals surface area contributed by atoms with Gasteiger partial charge >= 0.3 is 11.6 Å². The predicted molar refractivity (Wildman–Crippen MR) is 104 cm³/mol. The van der Waals surface area contributed by atoms with Crippen molar-refractivity contribution in [2.75, 3.05) is 5.32 Å². The predicted octanol–water partition coefficient (Wildman–Crippen LogP) is 3.80. The fourth-order valence-corrected chi connectivity index (χ4v) is 2.87. The Morgan fingerprint density at radius 3 is 2.56 bits per heavy atom. The maximum Gasteiger partial charge on any atom is 0.336 e. The van der Waals surface area contributed by atoms with Crippen LogP contribution in [0.1, 0.15) is 18.1 Å². The third-order valence-electron chi connectivity index (χ3n) is 3.80. The van der Waals surface area contributed by atoms with Gasteiger partial charge < -0.3 is 14.5 Å². The summed E-state index contributed by atoms with van der Waals surface area (Å²) < 4.78 is 11.4. The number of fused-ring (bicyclic) bond motifs is 1. The Balaban J connectivity index is 1.75. The average Bonchev–Trinajstić information content (AvgIpc) is 2.60. The van der Waals surface area contributed by atoms with Crippen LogP contribution in [0.15, 0.2) is 62.2 Å². The van der Waals surface area contributed by atoms with Crippen LogP contribution in [0.2, 0.25) is 0 Å². The van der Waals surface area contributed by atoms with E-state index in [9.17, 15) is 14.4 Å². The molecule has 0 bridgehead atoms. The number of carbonyl (C=O) groups is 2. The molecule has 0 aliphatic rings. The van der Waals surface area contributed by atoms with Gasteiger partial charge in [-0.1, -0.05) is 28.1 Å². The van der Waals surface area contributed by atoms with E-state index >= 15 is 0 Å². The van der Waals surface area contributed by atoms with Gasteiger partial charge in [0.05, 0.1) is 6.42 Å². The van der Waals surface area contributed by atoms with E-state index < -0.39 is 11.6 Å². The molecule has 0 unspecified atom stereocenters. The molecule has 1 heterocycles. The monoisotopic (exact) mass is 429 g/mol. The zero-order valence-electron chi connectivity index (χ0n) is 14.5. The van der Waals surface area contributed by atoms with Crippen LogP contribution in [0, 0.1) is 0 Å². The van der Waals surface area contributed by atoms with Crippen LogP contribution in [-0.4, -0.2) is 11.9 Å². The van der Waals surface area contributed by atoms with Crippen LogP contribution in [0.3, 0.4) is 0 Å². The van der Waals surface area contributed by atoms with E-state index in [-0.39, 0.29) is 18.9 Å². The van der Waals surface area contributed by atoms with Crippen molar-refractivity contribution in [2.24, 2.45) is 0 Å². The van der Waals surface area contributed by atoms with Gasteiger partial charge in [-0.25, -0.2) is 4.79 Å². The molecule has 0 spiro atoms. The molecule has 1 aromatic heterocycles. The molecule has 138 valence electrons. The zero-order valence-corrected chi connectivity index (χ0v) is 16.0. The molecule has 0 radical (unpaired) electrons. The molecule has 3 rings (SSSR count). The number of rotatable bonds is 5. The summed E-state index contributed by atoms with van der Waals surface area (Å²) in [4.78, 5) is 35.1. The summed E-state index contributed by atoms with van der Waals surface area (Å²) in [7, 11) is 0. The Morgan fingerprint density at radius 2 is 1.85 bits per heavy atom. The van der Waals surface area contributed by atoms with Crippen molar-refractivity contribution in [3.63, 3.8) is 0 Å². The van der Waals surface area contributed by atoms with Crippen LogP contribution in [0.25, 0.3) is 11.0 Å². The van der Waals surface area contributed by atoms with Crippen molar-refractivity contribution < 1.29 is 18.7 Å². The van der Waals surface area contributed by atoms with Gasteiger partial charge in [-0.05, 0) is 29.8 Å². The Labute approximate surface area is 163 Å². The summed E-state index contributed by atoms with van der Waals surface area (Å²) in [6.07, 6.45) is 0.138. The van der Waals surface area contributed by atoms with Crippen LogP contribution in [0.4, 0.5) is 5.69 Å². The number of carbonyl (C=O) groups excluding carboxylic acids is 2. The molecule has 3 aromatic rings. The highest BCUT2D eigenvalue weighted by molar-refractivity contribution is 9.10. The number of esters is 1. The highest BCUT2D eigenvalue weighted by atomic mass is 79.9. The average molecular weight is 430 g/mol. The Kier molecular flexibility index (Phi) is 5.71. The van der Waals surface area contributed by atoms with Crippen molar-refractivity contribution in [3.05, 3.63) is 74.6 Å². The second-order valence-electron chi connectivity index (χ2n) is 5.95. The largest absolute Gasteiger partial charge is 0.461 e. The van der Waals surface area contributed by atoms with Gasteiger partial charge in [-0.3, -0.25) is 9.59 Å². The Bertz CT molecular complexity index is 1060. The first-order valence-corrected chi connectivity index (χ1v) is 8.94. The number of ether oxygens (including phenoxy) is 1. The van der Waals surface area contributed by atoms with Gasteiger partial charge in [0.1, 0.15) is 12.2 Å². The summed E-state index contributed by atoms with van der Waals surface area (Å²) in [6.45, 7) is 1.35. The van der Waals surface area contributed by atoms with Crippen molar-refractivity contribution in [3.8, 4) is 0 Å². The van der Waals surface area contributed by atoms with Crippen LogP contribution in [-0.2, 0) is 27.4 Å². The lowest BCUT2D eigenvalue weighted by atomic mass is 10.1. The normalized spacial score (nSPS) is 10.6. The van der Waals surface area contributed by atoms with E-state index in [0.29, 0.717) is 22.2 Å². The fraction of sp³-hybridized carbons (Fsp3) is 0.150. The molecule has 0 saturated carbocycles. The lowest BCUT2D eigenvalue weighted by Crippen LogP contribution is -2.10. The lowest BCUT2D eigenvalue weighted by Gasteiger charge is -2.09. The molecule has 0 aliphatic heterocycles. The third kappa shape index (κ3) is 5.04. The zero-order chi connectivity index (χ0) is 19.4. The van der Waals surface area contributed by atoms with Gasteiger partial charge in [0.15, 0.2) is 0 Å². The molecular weight excluding hydrogens is 414 g/mol. The van der Waals surface area contributed by atoms with E-state index in [1.54, 1.807) is 18.2 Å². The maximum atomic E-state index is 12.1. The fourth-order valence-electron chi connectivity index (χ4n) is 2.61. The van der Waals surface area contributed by atoms with Gasteiger partial charge in [-0.2, -0.15) is 0 Å². The minimum Gasteiger partial charge on any atom is -0.461 e. The number of anilines is 1. The maximum absolute atomic E-state index is 12.1. The number of amides is 1. The Morgan fingerprint density at radius 1 is 1.11 bits per heavy atom. The van der Waals surface area contributed by atoms with Gasteiger partial charge in [0.2, 0.25) is 5.91 Å². The molecular formula is C20H16BrNO5. The minimum absolute atomic E-state index is 0.0447. The number of nitrogens with one attached hydrogen (secondary N) is 1. The first-order valence-electron chi connectivity index (χ1n) is 8.15. The molecule has 1 amide bonds. The van der Waals surface area contributed by atoms with E-state index in [0.717, 1.165) is 10.0 Å². The van der Waals surface area contributed by atoms with E-state index in [4.69, 9.17) is 9.15 Å². The minimum atomic E-state index is -0.554. The summed E-state index contributed by atoms with van der Waals surface area (Å²) >= 11 is 3.34. The van der Waals surface area contributed by atoms with E-state index in [2.05, 4.69) is 21.2 Å².